The SMILES string of the molecule is CC(=O)CCOc1c(F)c(F)cc(F)c1F. The van der Waals surface area contributed by atoms with Gasteiger partial charge in [0, 0.05) is 12.5 Å². The second kappa shape index (κ2) is 4.96. The summed E-state index contributed by atoms with van der Waals surface area (Å²) in [6.45, 7) is 0.911. The number of rotatable bonds is 4. The zero-order chi connectivity index (χ0) is 12.3. The molecule has 0 fully saturated rings. The average molecular weight is 236 g/mol. The lowest BCUT2D eigenvalue weighted by Gasteiger charge is -2.08. The Balaban J connectivity index is 2.90. The zero-order valence-electron chi connectivity index (χ0n) is 8.32. The second-order valence-electron chi connectivity index (χ2n) is 3.10. The van der Waals surface area contributed by atoms with E-state index in [0.29, 0.717) is 0 Å². The summed E-state index contributed by atoms with van der Waals surface area (Å²) in [5.41, 5.74) is 0. The van der Waals surface area contributed by atoms with E-state index in [1.807, 2.05) is 0 Å². The highest BCUT2D eigenvalue weighted by Gasteiger charge is 2.20. The number of ketones is 1. The molecule has 0 aliphatic rings. The molecule has 0 aliphatic heterocycles. The fourth-order valence-electron chi connectivity index (χ4n) is 0.975. The van der Waals surface area contributed by atoms with Gasteiger partial charge in [-0.25, -0.2) is 8.78 Å². The van der Waals surface area contributed by atoms with Crippen molar-refractivity contribution in [1.82, 2.24) is 0 Å². The molecule has 0 saturated carbocycles. The molecule has 0 unspecified atom stereocenters. The molecule has 88 valence electrons. The molecular weight excluding hydrogens is 228 g/mol. The van der Waals surface area contributed by atoms with E-state index in [2.05, 4.69) is 4.74 Å². The van der Waals surface area contributed by atoms with Gasteiger partial charge in [0.25, 0.3) is 0 Å². The standard InChI is InChI=1S/C10H8F4O2/c1-5(15)2-3-16-10-8(13)6(11)4-7(12)9(10)14/h4H,2-3H2,1H3. The van der Waals surface area contributed by atoms with Crippen LogP contribution < -0.4 is 4.74 Å². The molecule has 0 N–H and O–H groups in total. The van der Waals surface area contributed by atoms with E-state index in [4.69, 9.17) is 0 Å². The van der Waals surface area contributed by atoms with Crippen molar-refractivity contribution in [2.45, 2.75) is 13.3 Å². The van der Waals surface area contributed by atoms with E-state index in [1.165, 1.54) is 6.92 Å². The molecule has 0 amide bonds. The van der Waals surface area contributed by atoms with Crippen molar-refractivity contribution in [3.05, 3.63) is 29.3 Å². The summed E-state index contributed by atoms with van der Waals surface area (Å²) in [5.74, 6) is -7.71. The van der Waals surface area contributed by atoms with Gasteiger partial charge >= 0.3 is 0 Å². The molecule has 0 spiro atoms. The van der Waals surface area contributed by atoms with Crippen molar-refractivity contribution in [3.8, 4) is 5.75 Å². The van der Waals surface area contributed by atoms with Gasteiger partial charge < -0.3 is 4.74 Å². The predicted octanol–water partition coefficient (Wildman–Crippen LogP) is 2.60. The van der Waals surface area contributed by atoms with Gasteiger partial charge in [-0.3, -0.25) is 4.79 Å². The minimum Gasteiger partial charge on any atom is -0.487 e. The van der Waals surface area contributed by atoms with Gasteiger partial charge in [0.2, 0.25) is 11.6 Å². The van der Waals surface area contributed by atoms with Crippen LogP contribution in [0.1, 0.15) is 13.3 Å². The summed E-state index contributed by atoms with van der Waals surface area (Å²) in [6, 6.07) is 0.0858. The molecule has 0 atom stereocenters. The van der Waals surface area contributed by atoms with Crippen molar-refractivity contribution in [1.29, 1.82) is 0 Å². The molecule has 0 heterocycles. The molecule has 0 saturated heterocycles. The Morgan fingerprint density at radius 1 is 1.19 bits per heavy atom. The van der Waals surface area contributed by atoms with E-state index < -0.39 is 29.0 Å². The molecule has 1 aromatic carbocycles. The Morgan fingerprint density at radius 3 is 2.12 bits per heavy atom. The molecule has 1 rings (SSSR count). The topological polar surface area (TPSA) is 26.3 Å². The molecule has 2 nitrogen and oxygen atoms in total. The van der Waals surface area contributed by atoms with Crippen LogP contribution in [0.25, 0.3) is 0 Å². The maximum absolute atomic E-state index is 13.0. The van der Waals surface area contributed by atoms with Gasteiger partial charge in [-0.2, -0.15) is 8.78 Å². The normalized spacial score (nSPS) is 10.3. The van der Waals surface area contributed by atoms with Gasteiger partial charge in [-0.05, 0) is 6.92 Å². The minimum absolute atomic E-state index is 0.0858. The maximum Gasteiger partial charge on any atom is 0.203 e. The molecule has 0 aromatic heterocycles. The van der Waals surface area contributed by atoms with E-state index in [9.17, 15) is 22.4 Å². The Hall–Kier alpha value is -1.59. The number of carbonyl (C=O) groups is 1. The number of ether oxygens (including phenoxy) is 1. The van der Waals surface area contributed by atoms with E-state index in [1.54, 1.807) is 0 Å². The predicted molar refractivity (Wildman–Crippen MR) is 47.1 cm³/mol. The summed E-state index contributed by atoms with van der Waals surface area (Å²) < 4.78 is 55.8. The third-order valence-corrected chi connectivity index (χ3v) is 1.77. The lowest BCUT2D eigenvalue weighted by atomic mass is 10.3. The molecule has 0 radical (unpaired) electrons. The van der Waals surface area contributed by atoms with Crippen LogP contribution >= 0.6 is 0 Å². The number of Topliss-reactive ketones (excluding diaryl/α,β-unsaturated/α-hetero) is 1. The van der Waals surface area contributed by atoms with Gasteiger partial charge in [0.05, 0.1) is 6.61 Å². The average Bonchev–Trinajstić information content (AvgIpc) is 2.20. The van der Waals surface area contributed by atoms with Crippen LogP contribution in [0.3, 0.4) is 0 Å². The first-order chi connectivity index (χ1) is 7.43. The number of carbonyl (C=O) groups excluding carboxylic acids is 1. The fourth-order valence-corrected chi connectivity index (χ4v) is 0.975. The third kappa shape index (κ3) is 2.71. The highest BCUT2D eigenvalue weighted by Crippen LogP contribution is 2.26. The Labute approximate surface area is 88.8 Å². The van der Waals surface area contributed by atoms with Crippen molar-refractivity contribution >= 4 is 5.78 Å². The molecule has 6 heteroatoms. The quantitative estimate of drug-likeness (QED) is 0.593. The summed E-state index contributed by atoms with van der Waals surface area (Å²) in [4.78, 5) is 10.5. The lowest BCUT2D eigenvalue weighted by molar-refractivity contribution is -0.117. The molecule has 1 aromatic rings. The molecule has 0 bridgehead atoms. The number of hydrogen-bond donors (Lipinski definition) is 0. The van der Waals surface area contributed by atoms with Gasteiger partial charge in [0.15, 0.2) is 17.4 Å². The fraction of sp³-hybridized carbons (Fsp3) is 0.300. The zero-order valence-corrected chi connectivity index (χ0v) is 8.32. The monoisotopic (exact) mass is 236 g/mol. The van der Waals surface area contributed by atoms with Crippen molar-refractivity contribution < 1.29 is 27.1 Å². The maximum atomic E-state index is 13.0. The summed E-state index contributed by atoms with van der Waals surface area (Å²) in [7, 11) is 0. The number of halogens is 4. The van der Waals surface area contributed by atoms with Gasteiger partial charge in [-0.15, -0.1) is 0 Å². The largest absolute Gasteiger partial charge is 0.487 e. The summed E-state index contributed by atoms with van der Waals surface area (Å²) in [5, 5.41) is 0. The summed E-state index contributed by atoms with van der Waals surface area (Å²) >= 11 is 0. The lowest BCUT2D eigenvalue weighted by Crippen LogP contribution is -2.07. The van der Waals surface area contributed by atoms with Crippen LogP contribution in [0.15, 0.2) is 6.07 Å². The first kappa shape index (κ1) is 12.5. The van der Waals surface area contributed by atoms with E-state index >= 15 is 0 Å². The Morgan fingerprint density at radius 2 is 1.69 bits per heavy atom. The number of hydrogen-bond acceptors (Lipinski definition) is 2. The van der Waals surface area contributed by atoms with Crippen LogP contribution in [0.4, 0.5) is 17.6 Å². The van der Waals surface area contributed by atoms with Crippen molar-refractivity contribution in [2.75, 3.05) is 6.61 Å². The number of benzene rings is 1. The first-order valence-corrected chi connectivity index (χ1v) is 4.38. The van der Waals surface area contributed by atoms with Crippen LogP contribution in [-0.4, -0.2) is 12.4 Å². The highest BCUT2D eigenvalue weighted by molar-refractivity contribution is 5.75. The summed E-state index contributed by atoms with van der Waals surface area (Å²) in [6.07, 6.45) is -0.100. The van der Waals surface area contributed by atoms with Gasteiger partial charge in [0.1, 0.15) is 5.78 Å². The van der Waals surface area contributed by atoms with E-state index in [0.717, 1.165) is 0 Å². The van der Waals surface area contributed by atoms with Crippen molar-refractivity contribution in [2.24, 2.45) is 0 Å². The van der Waals surface area contributed by atoms with Crippen LogP contribution in [0, 0.1) is 23.3 Å². The van der Waals surface area contributed by atoms with Gasteiger partial charge in [-0.1, -0.05) is 0 Å². The minimum atomic E-state index is -1.61. The van der Waals surface area contributed by atoms with Crippen LogP contribution in [0.5, 0.6) is 5.75 Å². The Kier molecular flexibility index (Phi) is 3.87. The van der Waals surface area contributed by atoms with E-state index in [-0.39, 0.29) is 24.9 Å². The third-order valence-electron chi connectivity index (χ3n) is 1.77. The molecule has 0 aliphatic carbocycles. The smallest absolute Gasteiger partial charge is 0.203 e. The second-order valence-corrected chi connectivity index (χ2v) is 3.10. The van der Waals surface area contributed by atoms with Crippen molar-refractivity contribution in [3.63, 3.8) is 0 Å². The molecule has 16 heavy (non-hydrogen) atoms. The van der Waals surface area contributed by atoms with Crippen LogP contribution in [-0.2, 0) is 4.79 Å². The molecular formula is C10H8F4O2. The highest BCUT2D eigenvalue weighted by atomic mass is 19.2. The van der Waals surface area contributed by atoms with Crippen LogP contribution in [0.2, 0.25) is 0 Å². The first-order valence-electron chi connectivity index (χ1n) is 4.38. The Bertz CT molecular complexity index is 392.